The van der Waals surface area contributed by atoms with Gasteiger partial charge >= 0.3 is 0 Å². The zero-order chi connectivity index (χ0) is 13.2. The standard InChI is InChI=1S/C15H13IO3/c16-12-3-1-2-10(8-12)15(17)11-4-5-13-14(9-11)19-7-6-18-13/h1-5,8-9,15,17H,6-7H2. The Bertz CT molecular complexity index is 598. The van der Waals surface area contributed by atoms with E-state index in [-0.39, 0.29) is 0 Å². The molecule has 0 aliphatic carbocycles. The highest BCUT2D eigenvalue weighted by molar-refractivity contribution is 14.1. The first-order valence-electron chi connectivity index (χ1n) is 6.07. The monoisotopic (exact) mass is 368 g/mol. The molecule has 0 fully saturated rings. The van der Waals surface area contributed by atoms with Crippen molar-refractivity contribution in [2.45, 2.75) is 6.10 Å². The third-order valence-corrected chi connectivity index (χ3v) is 3.72. The van der Waals surface area contributed by atoms with E-state index in [1.165, 1.54) is 0 Å². The van der Waals surface area contributed by atoms with Crippen LogP contribution in [0.1, 0.15) is 17.2 Å². The number of hydrogen-bond donors (Lipinski definition) is 1. The lowest BCUT2D eigenvalue weighted by atomic mass is 10.0. The Hall–Kier alpha value is -1.27. The molecule has 3 rings (SSSR count). The van der Waals surface area contributed by atoms with Gasteiger partial charge < -0.3 is 14.6 Å². The molecule has 0 radical (unpaired) electrons. The summed E-state index contributed by atoms with van der Waals surface area (Å²) in [5.41, 5.74) is 1.69. The molecule has 0 saturated carbocycles. The van der Waals surface area contributed by atoms with Crippen LogP contribution in [0.15, 0.2) is 42.5 Å². The van der Waals surface area contributed by atoms with Crippen LogP contribution in [0.4, 0.5) is 0 Å². The summed E-state index contributed by atoms with van der Waals surface area (Å²) in [6, 6.07) is 13.4. The van der Waals surface area contributed by atoms with Gasteiger partial charge in [0.25, 0.3) is 0 Å². The number of benzene rings is 2. The summed E-state index contributed by atoms with van der Waals surface area (Å²) < 4.78 is 12.1. The molecular weight excluding hydrogens is 355 g/mol. The molecule has 1 aliphatic heterocycles. The molecule has 2 aromatic rings. The van der Waals surface area contributed by atoms with Gasteiger partial charge in [0, 0.05) is 3.57 Å². The molecule has 1 aliphatic rings. The van der Waals surface area contributed by atoms with Crippen molar-refractivity contribution >= 4 is 22.6 Å². The van der Waals surface area contributed by atoms with Crippen LogP contribution >= 0.6 is 22.6 Å². The van der Waals surface area contributed by atoms with Crippen LogP contribution < -0.4 is 9.47 Å². The van der Waals surface area contributed by atoms with E-state index in [2.05, 4.69) is 22.6 Å². The van der Waals surface area contributed by atoms with Crippen molar-refractivity contribution in [2.75, 3.05) is 13.2 Å². The van der Waals surface area contributed by atoms with E-state index < -0.39 is 6.10 Å². The minimum absolute atomic E-state index is 0.551. The second-order valence-corrected chi connectivity index (χ2v) is 5.61. The van der Waals surface area contributed by atoms with Crippen LogP contribution in [0, 0.1) is 3.57 Å². The third-order valence-electron chi connectivity index (χ3n) is 3.05. The van der Waals surface area contributed by atoms with Crippen molar-refractivity contribution in [2.24, 2.45) is 0 Å². The van der Waals surface area contributed by atoms with Gasteiger partial charge in [-0.15, -0.1) is 0 Å². The molecule has 98 valence electrons. The number of aliphatic hydroxyl groups is 1. The number of aliphatic hydroxyl groups excluding tert-OH is 1. The molecule has 4 heteroatoms. The van der Waals surface area contributed by atoms with E-state index in [4.69, 9.17) is 9.47 Å². The highest BCUT2D eigenvalue weighted by Gasteiger charge is 2.16. The second kappa shape index (κ2) is 5.38. The van der Waals surface area contributed by atoms with Crippen molar-refractivity contribution < 1.29 is 14.6 Å². The summed E-state index contributed by atoms with van der Waals surface area (Å²) in [6.45, 7) is 1.13. The smallest absolute Gasteiger partial charge is 0.161 e. The molecule has 1 heterocycles. The van der Waals surface area contributed by atoms with Gasteiger partial charge in [-0.1, -0.05) is 18.2 Å². The van der Waals surface area contributed by atoms with Gasteiger partial charge in [0.1, 0.15) is 19.3 Å². The number of fused-ring (bicyclic) bond motifs is 1. The van der Waals surface area contributed by atoms with Crippen LogP contribution in [-0.2, 0) is 0 Å². The van der Waals surface area contributed by atoms with Gasteiger partial charge in [0.2, 0.25) is 0 Å². The van der Waals surface area contributed by atoms with Crippen LogP contribution in [0.25, 0.3) is 0 Å². The number of ether oxygens (including phenoxy) is 2. The van der Waals surface area contributed by atoms with Gasteiger partial charge in [-0.25, -0.2) is 0 Å². The lowest BCUT2D eigenvalue weighted by Gasteiger charge is -2.20. The zero-order valence-corrected chi connectivity index (χ0v) is 12.3. The lowest BCUT2D eigenvalue weighted by Crippen LogP contribution is -2.15. The van der Waals surface area contributed by atoms with E-state index in [0.717, 1.165) is 20.4 Å². The van der Waals surface area contributed by atoms with Gasteiger partial charge in [0.05, 0.1) is 0 Å². The average molecular weight is 368 g/mol. The Labute approximate surface area is 125 Å². The molecular formula is C15H13IO3. The molecule has 0 amide bonds. The highest BCUT2D eigenvalue weighted by atomic mass is 127. The Balaban J connectivity index is 1.93. The minimum atomic E-state index is -0.648. The van der Waals surface area contributed by atoms with Crippen molar-refractivity contribution in [1.29, 1.82) is 0 Å². The summed E-state index contributed by atoms with van der Waals surface area (Å²) >= 11 is 2.24. The van der Waals surface area contributed by atoms with E-state index in [1.54, 1.807) is 0 Å². The second-order valence-electron chi connectivity index (χ2n) is 4.36. The molecule has 1 N–H and O–H groups in total. The molecule has 3 nitrogen and oxygen atoms in total. The Kier molecular flexibility index (Phi) is 3.61. The zero-order valence-electron chi connectivity index (χ0n) is 10.2. The van der Waals surface area contributed by atoms with Crippen molar-refractivity contribution in [1.82, 2.24) is 0 Å². The average Bonchev–Trinajstić information content (AvgIpc) is 2.46. The maximum absolute atomic E-state index is 10.4. The van der Waals surface area contributed by atoms with Crippen molar-refractivity contribution in [3.63, 3.8) is 0 Å². The number of hydrogen-bond acceptors (Lipinski definition) is 3. The van der Waals surface area contributed by atoms with E-state index >= 15 is 0 Å². The first-order valence-corrected chi connectivity index (χ1v) is 7.15. The topological polar surface area (TPSA) is 38.7 Å². The molecule has 0 saturated heterocycles. The summed E-state index contributed by atoms with van der Waals surface area (Å²) in [7, 11) is 0. The maximum atomic E-state index is 10.4. The fourth-order valence-corrected chi connectivity index (χ4v) is 2.67. The summed E-state index contributed by atoms with van der Waals surface area (Å²) in [5.74, 6) is 1.44. The summed E-state index contributed by atoms with van der Waals surface area (Å²) in [4.78, 5) is 0. The van der Waals surface area contributed by atoms with Crippen LogP contribution in [0.5, 0.6) is 11.5 Å². The first-order chi connectivity index (χ1) is 9.24. The van der Waals surface area contributed by atoms with Gasteiger partial charge in [-0.3, -0.25) is 0 Å². The molecule has 0 aromatic heterocycles. The minimum Gasteiger partial charge on any atom is -0.486 e. The molecule has 0 bridgehead atoms. The fourth-order valence-electron chi connectivity index (χ4n) is 2.10. The lowest BCUT2D eigenvalue weighted by molar-refractivity contribution is 0.169. The maximum Gasteiger partial charge on any atom is 0.161 e. The van der Waals surface area contributed by atoms with Gasteiger partial charge in [0.15, 0.2) is 11.5 Å². The SMILES string of the molecule is OC(c1cccc(I)c1)c1ccc2c(c1)OCCO2. The number of halogens is 1. The quantitative estimate of drug-likeness (QED) is 0.828. The molecule has 1 atom stereocenters. The highest BCUT2D eigenvalue weighted by Crippen LogP contribution is 2.34. The predicted molar refractivity (Wildman–Crippen MR) is 80.7 cm³/mol. The van der Waals surface area contributed by atoms with E-state index in [0.29, 0.717) is 19.0 Å². The Morgan fingerprint density at radius 3 is 2.47 bits per heavy atom. The molecule has 1 unspecified atom stereocenters. The molecule has 19 heavy (non-hydrogen) atoms. The van der Waals surface area contributed by atoms with Gasteiger partial charge in [-0.05, 0) is 58.0 Å². The largest absolute Gasteiger partial charge is 0.486 e. The van der Waals surface area contributed by atoms with Crippen molar-refractivity contribution in [3.8, 4) is 11.5 Å². The van der Waals surface area contributed by atoms with Crippen LogP contribution in [-0.4, -0.2) is 18.3 Å². The van der Waals surface area contributed by atoms with Gasteiger partial charge in [-0.2, -0.15) is 0 Å². The normalized spacial score (nSPS) is 15.1. The Morgan fingerprint density at radius 2 is 1.68 bits per heavy atom. The van der Waals surface area contributed by atoms with Crippen LogP contribution in [0.3, 0.4) is 0 Å². The third kappa shape index (κ3) is 2.69. The van der Waals surface area contributed by atoms with Crippen molar-refractivity contribution in [3.05, 3.63) is 57.2 Å². The summed E-state index contributed by atoms with van der Waals surface area (Å²) in [5, 5.41) is 10.4. The predicted octanol–water partition coefficient (Wildman–Crippen LogP) is 3.14. The molecule has 2 aromatic carbocycles. The van der Waals surface area contributed by atoms with E-state index in [1.807, 2.05) is 42.5 Å². The summed E-state index contributed by atoms with van der Waals surface area (Å²) in [6.07, 6.45) is -0.648. The molecule has 0 spiro atoms. The van der Waals surface area contributed by atoms with Crippen LogP contribution in [0.2, 0.25) is 0 Å². The Morgan fingerprint density at radius 1 is 0.947 bits per heavy atom. The first kappa shape index (κ1) is 12.7. The van der Waals surface area contributed by atoms with E-state index in [9.17, 15) is 5.11 Å². The number of rotatable bonds is 2. The fraction of sp³-hybridized carbons (Fsp3) is 0.200.